The van der Waals surface area contributed by atoms with Crippen molar-refractivity contribution in [2.24, 2.45) is 5.92 Å². The van der Waals surface area contributed by atoms with E-state index in [1.54, 1.807) is 0 Å². The lowest BCUT2D eigenvalue weighted by molar-refractivity contribution is -0.138. The third-order valence-corrected chi connectivity index (χ3v) is 8.85. The van der Waals surface area contributed by atoms with Crippen LogP contribution in [0.25, 0.3) is 11.0 Å². The third-order valence-electron chi connectivity index (χ3n) is 8.85. The Bertz CT molecular complexity index is 1050. The number of carbonyl (C=O) groups excluding carboxylic acids is 1. The number of nitrogens with one attached hydrogen (secondary N) is 1. The van der Waals surface area contributed by atoms with Crippen molar-refractivity contribution in [3.8, 4) is 0 Å². The van der Waals surface area contributed by atoms with E-state index in [9.17, 15) is 9.90 Å². The second-order valence-electron chi connectivity index (χ2n) is 11.7. The summed E-state index contributed by atoms with van der Waals surface area (Å²) >= 11 is 0. The molecule has 1 atom stereocenters. The molecule has 2 aromatic rings. The summed E-state index contributed by atoms with van der Waals surface area (Å²) in [5.41, 5.74) is 1.99. The Labute approximate surface area is 221 Å². The molecule has 0 spiro atoms. The number of likely N-dealkylation sites (tertiary alicyclic amines) is 2. The van der Waals surface area contributed by atoms with E-state index in [1.807, 2.05) is 6.20 Å². The Morgan fingerprint density at radius 3 is 2.46 bits per heavy atom. The normalized spacial score (nSPS) is 25.5. The second-order valence-corrected chi connectivity index (χ2v) is 11.7. The number of aliphatic hydroxyl groups is 1. The van der Waals surface area contributed by atoms with Crippen LogP contribution in [0.2, 0.25) is 0 Å². The number of piperidine rings is 2. The molecule has 0 bridgehead atoms. The Balaban J connectivity index is 1.34. The van der Waals surface area contributed by atoms with E-state index in [2.05, 4.69) is 45.7 Å². The molecular formula is C28H45N7O2. The molecule has 37 heavy (non-hydrogen) atoms. The van der Waals surface area contributed by atoms with Gasteiger partial charge < -0.3 is 20.2 Å². The number of carbonyl (C=O) groups is 1. The van der Waals surface area contributed by atoms with Gasteiger partial charge in [-0.2, -0.15) is 10.1 Å². The van der Waals surface area contributed by atoms with Crippen LogP contribution >= 0.6 is 0 Å². The number of anilines is 1. The maximum absolute atomic E-state index is 13.2. The molecule has 2 saturated heterocycles. The van der Waals surface area contributed by atoms with Crippen LogP contribution in [0.5, 0.6) is 0 Å². The second kappa shape index (κ2) is 11.6. The van der Waals surface area contributed by atoms with Crippen LogP contribution in [0, 0.1) is 5.92 Å². The molecule has 4 heterocycles. The van der Waals surface area contributed by atoms with Crippen molar-refractivity contribution in [3.63, 3.8) is 0 Å². The highest BCUT2D eigenvalue weighted by Gasteiger charge is 2.33. The summed E-state index contributed by atoms with van der Waals surface area (Å²) in [5.74, 6) is 1.50. The molecule has 9 nitrogen and oxygen atoms in total. The molecule has 2 aliphatic heterocycles. The van der Waals surface area contributed by atoms with E-state index >= 15 is 0 Å². The van der Waals surface area contributed by atoms with Crippen molar-refractivity contribution >= 4 is 22.9 Å². The van der Waals surface area contributed by atoms with Gasteiger partial charge in [0.1, 0.15) is 0 Å². The minimum atomic E-state index is -0.203. The van der Waals surface area contributed by atoms with Crippen LogP contribution < -0.4 is 5.32 Å². The highest BCUT2D eigenvalue weighted by Crippen LogP contribution is 2.37. The first-order valence-electron chi connectivity index (χ1n) is 14.6. The Kier molecular flexibility index (Phi) is 8.29. The predicted molar refractivity (Wildman–Crippen MR) is 146 cm³/mol. The van der Waals surface area contributed by atoms with Gasteiger partial charge in [-0.25, -0.2) is 9.67 Å². The topological polar surface area (TPSA) is 99.4 Å². The average Bonchev–Trinajstić information content (AvgIpc) is 3.28. The lowest BCUT2D eigenvalue weighted by Crippen LogP contribution is -2.44. The minimum Gasteiger partial charge on any atom is -0.393 e. The van der Waals surface area contributed by atoms with Crippen LogP contribution in [-0.4, -0.2) is 85.9 Å². The molecule has 0 unspecified atom stereocenters. The predicted octanol–water partition coefficient (Wildman–Crippen LogP) is 3.95. The van der Waals surface area contributed by atoms with Gasteiger partial charge in [0.15, 0.2) is 5.65 Å². The van der Waals surface area contributed by atoms with Gasteiger partial charge in [0, 0.05) is 37.2 Å². The Hall–Kier alpha value is -2.26. The van der Waals surface area contributed by atoms with Crippen molar-refractivity contribution in [3.05, 3.63) is 11.9 Å². The highest BCUT2D eigenvalue weighted by atomic mass is 16.3. The maximum atomic E-state index is 13.2. The van der Waals surface area contributed by atoms with E-state index in [-0.39, 0.29) is 18.1 Å². The molecule has 2 aromatic heterocycles. The standard InChI is InChI=1S/C28H45N7O2/c1-4-5-19(2)30-28-29-18-24-25(32-35(26(24)31-28)22-6-8-23(36)9-7-22)20-12-16-34(17-13-20)27(37)21-10-14-33(3)15-11-21/h18-23,36H,4-17H2,1-3H3,(H,29,30,31)/t19-,22?,23?/m0/s1. The van der Waals surface area contributed by atoms with E-state index in [0.29, 0.717) is 23.8 Å². The molecule has 1 aliphatic carbocycles. The summed E-state index contributed by atoms with van der Waals surface area (Å²) in [5, 5.41) is 19.8. The SMILES string of the molecule is CCC[C@H](C)Nc1ncc2c(C3CCN(C(=O)C4CCN(C)CC4)CC3)nn(C3CCC(O)CC3)c2n1. The first-order valence-corrected chi connectivity index (χ1v) is 14.6. The number of nitrogens with zero attached hydrogens (tertiary/aromatic N) is 6. The molecule has 0 radical (unpaired) electrons. The molecule has 3 aliphatic rings. The number of fused-ring (bicyclic) bond motifs is 1. The summed E-state index contributed by atoms with van der Waals surface area (Å²) < 4.78 is 2.13. The van der Waals surface area contributed by atoms with E-state index < -0.39 is 0 Å². The molecule has 3 fully saturated rings. The summed E-state index contributed by atoms with van der Waals surface area (Å²) in [6, 6.07) is 0.566. The zero-order valence-electron chi connectivity index (χ0n) is 22.9. The van der Waals surface area contributed by atoms with Crippen LogP contribution in [0.15, 0.2) is 6.20 Å². The monoisotopic (exact) mass is 511 g/mol. The van der Waals surface area contributed by atoms with Crippen LogP contribution in [0.3, 0.4) is 0 Å². The molecule has 9 heteroatoms. The molecule has 2 N–H and O–H groups in total. The number of aliphatic hydroxyl groups excluding tert-OH is 1. The lowest BCUT2D eigenvalue weighted by atomic mass is 9.90. The average molecular weight is 512 g/mol. The maximum Gasteiger partial charge on any atom is 0.225 e. The molecule has 1 saturated carbocycles. The summed E-state index contributed by atoms with van der Waals surface area (Å²) in [4.78, 5) is 27.2. The van der Waals surface area contributed by atoms with Gasteiger partial charge in [-0.1, -0.05) is 13.3 Å². The largest absolute Gasteiger partial charge is 0.393 e. The lowest BCUT2D eigenvalue weighted by Gasteiger charge is -2.36. The van der Waals surface area contributed by atoms with Gasteiger partial charge >= 0.3 is 0 Å². The highest BCUT2D eigenvalue weighted by molar-refractivity contribution is 5.80. The van der Waals surface area contributed by atoms with Gasteiger partial charge in [-0.15, -0.1) is 0 Å². The van der Waals surface area contributed by atoms with Crippen molar-refractivity contribution in [1.29, 1.82) is 0 Å². The van der Waals surface area contributed by atoms with Gasteiger partial charge in [-0.05, 0) is 84.8 Å². The zero-order valence-corrected chi connectivity index (χ0v) is 22.9. The number of amides is 1. The first kappa shape index (κ1) is 26.4. The van der Waals surface area contributed by atoms with Gasteiger partial charge in [0.05, 0.1) is 23.2 Å². The summed E-state index contributed by atoms with van der Waals surface area (Å²) in [6.07, 6.45) is 11.2. The van der Waals surface area contributed by atoms with Crippen molar-refractivity contribution in [2.75, 3.05) is 38.5 Å². The smallest absolute Gasteiger partial charge is 0.225 e. The fourth-order valence-corrected chi connectivity index (χ4v) is 6.49. The van der Waals surface area contributed by atoms with E-state index in [1.165, 1.54) is 0 Å². The Morgan fingerprint density at radius 1 is 1.08 bits per heavy atom. The minimum absolute atomic E-state index is 0.184. The first-order chi connectivity index (χ1) is 17.9. The van der Waals surface area contributed by atoms with Crippen LogP contribution in [0.4, 0.5) is 5.95 Å². The quantitative estimate of drug-likeness (QED) is 0.581. The van der Waals surface area contributed by atoms with Crippen molar-refractivity contribution in [1.82, 2.24) is 29.5 Å². The number of hydrogen-bond donors (Lipinski definition) is 2. The molecule has 204 valence electrons. The molecule has 1 amide bonds. The van der Waals surface area contributed by atoms with E-state index in [0.717, 1.165) is 107 Å². The van der Waals surface area contributed by atoms with Gasteiger partial charge in [0.2, 0.25) is 11.9 Å². The fraction of sp³-hybridized carbons (Fsp3) is 0.786. The van der Waals surface area contributed by atoms with Gasteiger partial charge in [-0.3, -0.25) is 4.79 Å². The van der Waals surface area contributed by atoms with Crippen LogP contribution in [-0.2, 0) is 4.79 Å². The molecule has 0 aromatic carbocycles. The van der Waals surface area contributed by atoms with Gasteiger partial charge in [0.25, 0.3) is 0 Å². The van der Waals surface area contributed by atoms with Crippen LogP contribution in [0.1, 0.15) is 95.7 Å². The number of aromatic nitrogens is 4. The van der Waals surface area contributed by atoms with Crippen molar-refractivity contribution in [2.45, 2.75) is 102 Å². The number of hydrogen-bond acceptors (Lipinski definition) is 7. The Morgan fingerprint density at radius 2 is 1.78 bits per heavy atom. The summed E-state index contributed by atoms with van der Waals surface area (Å²) in [6.45, 7) is 7.99. The molecule has 5 rings (SSSR count). The zero-order chi connectivity index (χ0) is 25.9. The van der Waals surface area contributed by atoms with Crippen molar-refractivity contribution < 1.29 is 9.90 Å². The fourth-order valence-electron chi connectivity index (χ4n) is 6.49. The third kappa shape index (κ3) is 5.93. The molecular weight excluding hydrogens is 466 g/mol. The summed E-state index contributed by atoms with van der Waals surface area (Å²) in [7, 11) is 2.14. The van der Waals surface area contributed by atoms with E-state index in [4.69, 9.17) is 10.1 Å². The number of rotatable bonds is 7.